The Bertz CT molecular complexity index is 457. The molecule has 0 aliphatic carbocycles. The third-order valence-corrected chi connectivity index (χ3v) is 4.80. The van der Waals surface area contributed by atoms with Crippen molar-refractivity contribution in [3.05, 3.63) is 35.9 Å². The molecule has 0 bridgehead atoms. The summed E-state index contributed by atoms with van der Waals surface area (Å²) in [4.78, 5) is 12.8. The zero-order valence-corrected chi connectivity index (χ0v) is 12.9. The van der Waals surface area contributed by atoms with Crippen LogP contribution in [0, 0.1) is 5.92 Å². The summed E-state index contributed by atoms with van der Waals surface area (Å²) in [6.45, 7) is 6.02. The van der Waals surface area contributed by atoms with Crippen molar-refractivity contribution < 1.29 is 9.90 Å². The molecule has 2 atom stereocenters. The zero-order chi connectivity index (χ0) is 15.3. The molecule has 1 aromatic rings. The molecule has 116 valence electrons. The molecule has 0 aromatic heterocycles. The highest BCUT2D eigenvalue weighted by atomic mass is 16.3. The number of hydrogen-bond donors (Lipinski definition) is 3. The molecule has 2 unspecified atom stereocenters. The maximum atomic E-state index is 12.8. The fourth-order valence-electron chi connectivity index (χ4n) is 3.19. The Morgan fingerprint density at radius 3 is 2.48 bits per heavy atom. The van der Waals surface area contributed by atoms with Gasteiger partial charge in [0.05, 0.1) is 11.5 Å². The van der Waals surface area contributed by atoms with Crippen molar-refractivity contribution in [1.82, 2.24) is 10.6 Å². The van der Waals surface area contributed by atoms with Gasteiger partial charge in [-0.1, -0.05) is 44.2 Å². The van der Waals surface area contributed by atoms with Crippen LogP contribution in [-0.4, -0.2) is 36.8 Å². The summed E-state index contributed by atoms with van der Waals surface area (Å²) in [6, 6.07) is 9.98. The quantitative estimate of drug-likeness (QED) is 0.743. The second-order valence-corrected chi connectivity index (χ2v) is 5.85. The van der Waals surface area contributed by atoms with E-state index in [4.69, 9.17) is 0 Å². The van der Waals surface area contributed by atoms with Crippen LogP contribution in [0.25, 0.3) is 0 Å². The number of rotatable bonds is 6. The van der Waals surface area contributed by atoms with Gasteiger partial charge in [0.1, 0.15) is 0 Å². The third-order valence-electron chi connectivity index (χ3n) is 4.80. The van der Waals surface area contributed by atoms with Gasteiger partial charge in [-0.2, -0.15) is 0 Å². The summed E-state index contributed by atoms with van der Waals surface area (Å²) in [7, 11) is 0. The Kier molecular flexibility index (Phi) is 5.37. The minimum Gasteiger partial charge on any atom is -0.391 e. The zero-order valence-electron chi connectivity index (χ0n) is 12.9. The van der Waals surface area contributed by atoms with Crippen LogP contribution in [0.1, 0.15) is 32.3 Å². The molecule has 1 aliphatic rings. The van der Waals surface area contributed by atoms with Crippen LogP contribution in [0.5, 0.6) is 0 Å². The normalized spacial score (nSPS) is 22.2. The molecule has 4 nitrogen and oxygen atoms in total. The van der Waals surface area contributed by atoms with E-state index < -0.39 is 5.41 Å². The monoisotopic (exact) mass is 290 g/mol. The van der Waals surface area contributed by atoms with E-state index >= 15 is 0 Å². The van der Waals surface area contributed by atoms with Crippen molar-refractivity contribution in [2.45, 2.75) is 38.2 Å². The first-order valence-electron chi connectivity index (χ1n) is 7.86. The second kappa shape index (κ2) is 7.05. The number of carbonyl (C=O) groups is 1. The van der Waals surface area contributed by atoms with Gasteiger partial charge in [0.15, 0.2) is 0 Å². The Morgan fingerprint density at radius 1 is 1.29 bits per heavy atom. The van der Waals surface area contributed by atoms with E-state index in [0.29, 0.717) is 13.1 Å². The van der Waals surface area contributed by atoms with Crippen molar-refractivity contribution in [3.63, 3.8) is 0 Å². The topological polar surface area (TPSA) is 61.4 Å². The lowest BCUT2D eigenvalue weighted by molar-refractivity contribution is -0.127. The van der Waals surface area contributed by atoms with Crippen molar-refractivity contribution >= 4 is 5.91 Å². The predicted molar refractivity (Wildman–Crippen MR) is 84.1 cm³/mol. The Balaban J connectivity index is 2.09. The fraction of sp³-hybridized carbons (Fsp3) is 0.588. The van der Waals surface area contributed by atoms with Crippen molar-refractivity contribution in [2.75, 3.05) is 19.6 Å². The lowest BCUT2D eigenvalue weighted by Crippen LogP contribution is -2.46. The average molecular weight is 290 g/mol. The molecule has 1 heterocycles. The smallest absolute Gasteiger partial charge is 0.230 e. The SMILES string of the molecule is CCC(CC)(C(=O)NCC1CNCC1O)c1ccccc1. The maximum Gasteiger partial charge on any atom is 0.230 e. The number of β-amino-alcohol motifs (C(OH)–C–C–N with tert-alkyl or cyclic N) is 1. The number of amides is 1. The summed E-state index contributed by atoms with van der Waals surface area (Å²) in [6.07, 6.45) is 1.18. The number of carbonyl (C=O) groups excluding carboxylic acids is 1. The van der Waals surface area contributed by atoms with Gasteiger partial charge in [0, 0.05) is 25.6 Å². The number of benzene rings is 1. The van der Waals surface area contributed by atoms with Crippen LogP contribution >= 0.6 is 0 Å². The molecule has 1 aliphatic heterocycles. The predicted octanol–water partition coefficient (Wildman–Crippen LogP) is 1.44. The van der Waals surface area contributed by atoms with Gasteiger partial charge >= 0.3 is 0 Å². The van der Waals surface area contributed by atoms with E-state index in [0.717, 1.165) is 24.9 Å². The number of nitrogens with one attached hydrogen (secondary N) is 2. The van der Waals surface area contributed by atoms with Gasteiger partial charge in [0.25, 0.3) is 0 Å². The van der Waals surface area contributed by atoms with E-state index in [2.05, 4.69) is 24.5 Å². The van der Waals surface area contributed by atoms with Gasteiger partial charge < -0.3 is 15.7 Å². The molecule has 0 spiro atoms. The molecular formula is C17H26N2O2. The number of aliphatic hydroxyl groups is 1. The van der Waals surface area contributed by atoms with E-state index in [1.807, 2.05) is 30.3 Å². The highest BCUT2D eigenvalue weighted by Crippen LogP contribution is 2.32. The molecule has 4 heteroatoms. The summed E-state index contributed by atoms with van der Waals surface area (Å²) in [5.41, 5.74) is 0.593. The van der Waals surface area contributed by atoms with Crippen LogP contribution in [0.3, 0.4) is 0 Å². The van der Waals surface area contributed by atoms with Crippen LogP contribution in [0.15, 0.2) is 30.3 Å². The molecule has 3 N–H and O–H groups in total. The van der Waals surface area contributed by atoms with Gasteiger partial charge in [-0.3, -0.25) is 4.79 Å². The van der Waals surface area contributed by atoms with Crippen LogP contribution in [0.2, 0.25) is 0 Å². The lowest BCUT2D eigenvalue weighted by atomic mass is 9.75. The molecule has 21 heavy (non-hydrogen) atoms. The first-order valence-corrected chi connectivity index (χ1v) is 7.86. The van der Waals surface area contributed by atoms with Crippen LogP contribution in [-0.2, 0) is 10.2 Å². The lowest BCUT2D eigenvalue weighted by Gasteiger charge is -2.31. The van der Waals surface area contributed by atoms with Crippen molar-refractivity contribution in [1.29, 1.82) is 0 Å². The molecule has 1 fully saturated rings. The molecule has 2 rings (SSSR count). The van der Waals surface area contributed by atoms with Gasteiger partial charge in [-0.25, -0.2) is 0 Å². The van der Waals surface area contributed by atoms with Gasteiger partial charge in [-0.05, 0) is 18.4 Å². The molecule has 1 aromatic carbocycles. The molecule has 0 saturated carbocycles. The highest BCUT2D eigenvalue weighted by Gasteiger charge is 2.37. The second-order valence-electron chi connectivity index (χ2n) is 5.85. The highest BCUT2D eigenvalue weighted by molar-refractivity contribution is 5.88. The molecule has 1 saturated heterocycles. The Labute approximate surface area is 126 Å². The summed E-state index contributed by atoms with van der Waals surface area (Å²) < 4.78 is 0. The minimum absolute atomic E-state index is 0.0674. The fourth-order valence-corrected chi connectivity index (χ4v) is 3.19. The summed E-state index contributed by atoms with van der Waals surface area (Å²) in [5.74, 6) is 0.175. The average Bonchev–Trinajstić information content (AvgIpc) is 2.93. The minimum atomic E-state index is -0.474. The third kappa shape index (κ3) is 3.27. The first kappa shape index (κ1) is 16.0. The molecular weight excluding hydrogens is 264 g/mol. The standard InChI is InChI=1S/C17H26N2O2/c1-3-17(4-2,14-8-6-5-7-9-14)16(21)19-11-13-10-18-12-15(13)20/h5-9,13,15,18,20H,3-4,10-12H2,1-2H3,(H,19,21). The summed E-state index contributed by atoms with van der Waals surface area (Å²) in [5, 5.41) is 16.0. The Hall–Kier alpha value is -1.39. The van der Waals surface area contributed by atoms with E-state index in [1.165, 1.54) is 0 Å². The number of aliphatic hydroxyl groups excluding tert-OH is 1. The molecule has 1 amide bonds. The first-order chi connectivity index (χ1) is 10.1. The Morgan fingerprint density at radius 2 is 1.95 bits per heavy atom. The van der Waals surface area contributed by atoms with Gasteiger partial charge in [-0.15, -0.1) is 0 Å². The van der Waals surface area contributed by atoms with E-state index in [9.17, 15) is 9.90 Å². The van der Waals surface area contributed by atoms with E-state index in [-0.39, 0.29) is 17.9 Å². The molecule has 0 radical (unpaired) electrons. The van der Waals surface area contributed by atoms with Crippen LogP contribution < -0.4 is 10.6 Å². The maximum absolute atomic E-state index is 12.8. The number of hydrogen-bond acceptors (Lipinski definition) is 3. The van der Waals surface area contributed by atoms with Crippen LogP contribution in [0.4, 0.5) is 0 Å². The van der Waals surface area contributed by atoms with Crippen molar-refractivity contribution in [3.8, 4) is 0 Å². The van der Waals surface area contributed by atoms with Gasteiger partial charge in [0.2, 0.25) is 5.91 Å². The summed E-state index contributed by atoms with van der Waals surface area (Å²) >= 11 is 0. The van der Waals surface area contributed by atoms with Crippen molar-refractivity contribution in [2.24, 2.45) is 5.92 Å². The largest absolute Gasteiger partial charge is 0.391 e. The van der Waals surface area contributed by atoms with E-state index in [1.54, 1.807) is 0 Å².